The average Bonchev–Trinajstić information content (AvgIpc) is 2.95. The highest BCUT2D eigenvalue weighted by molar-refractivity contribution is 5.80. The van der Waals surface area contributed by atoms with Crippen molar-refractivity contribution in [2.24, 2.45) is 7.05 Å². The molecule has 1 aliphatic carbocycles. The molecule has 0 aliphatic heterocycles. The van der Waals surface area contributed by atoms with E-state index in [0.717, 1.165) is 22.3 Å². The van der Waals surface area contributed by atoms with Gasteiger partial charge in [-0.25, -0.2) is 9.59 Å². The van der Waals surface area contributed by atoms with E-state index in [1.807, 2.05) is 48.5 Å². The van der Waals surface area contributed by atoms with Crippen molar-refractivity contribution >= 4 is 6.09 Å². The molecule has 0 fully saturated rings. The van der Waals surface area contributed by atoms with Crippen LogP contribution in [0.3, 0.4) is 0 Å². The Morgan fingerprint density at radius 2 is 1.46 bits per heavy atom. The Bertz CT molecular complexity index is 1140. The zero-order chi connectivity index (χ0) is 18.6. The molecular formula is C20H16N2O4. The molecule has 0 amide bonds. The molecule has 0 saturated heterocycles. The summed E-state index contributed by atoms with van der Waals surface area (Å²) in [6.45, 7) is 1.67. The molecule has 1 aliphatic rings. The van der Waals surface area contributed by atoms with E-state index in [9.17, 15) is 19.5 Å². The zero-order valence-electron chi connectivity index (χ0n) is 14.3. The minimum Gasteiger partial charge on any atom is -0.464 e. The third kappa shape index (κ3) is 2.02. The fraction of sp³-hybridized carbons (Fsp3) is 0.150. The van der Waals surface area contributed by atoms with Crippen LogP contribution in [0.2, 0.25) is 0 Å². The highest BCUT2D eigenvalue weighted by Gasteiger charge is 2.34. The maximum Gasteiger partial charge on any atom is 0.422 e. The number of rotatable bonds is 1. The first-order valence-electron chi connectivity index (χ1n) is 8.17. The molecule has 0 atom stereocenters. The Balaban J connectivity index is 2.14. The van der Waals surface area contributed by atoms with Crippen LogP contribution in [0.15, 0.2) is 58.1 Å². The molecular weight excluding hydrogens is 332 g/mol. The normalized spacial score (nSPS) is 12.7. The minimum atomic E-state index is -1.57. The molecule has 6 heteroatoms. The van der Waals surface area contributed by atoms with E-state index in [1.165, 1.54) is 11.6 Å². The van der Waals surface area contributed by atoms with Crippen LogP contribution in [0.5, 0.6) is 0 Å². The first kappa shape index (κ1) is 16.1. The molecule has 0 radical (unpaired) electrons. The molecule has 1 N–H and O–H groups in total. The van der Waals surface area contributed by atoms with Crippen LogP contribution in [0.4, 0.5) is 4.79 Å². The number of carboxylic acid groups (broad SMARTS) is 1. The molecule has 0 saturated carbocycles. The average molecular weight is 348 g/mol. The topological polar surface area (TPSA) is 81.3 Å². The third-order valence-corrected chi connectivity index (χ3v) is 5.12. The summed E-state index contributed by atoms with van der Waals surface area (Å²) in [5.41, 5.74) is 3.04. The first-order valence-corrected chi connectivity index (χ1v) is 8.17. The van der Waals surface area contributed by atoms with E-state index in [2.05, 4.69) is 0 Å². The molecule has 2 aromatic carbocycles. The summed E-state index contributed by atoms with van der Waals surface area (Å²) in [5.74, 6) is -0.410. The summed E-state index contributed by atoms with van der Waals surface area (Å²) in [6.07, 6.45) is -1.57. The van der Waals surface area contributed by atoms with Crippen LogP contribution in [-0.4, -0.2) is 20.3 Å². The van der Waals surface area contributed by atoms with Gasteiger partial charge in [-0.05, 0) is 29.2 Å². The SMILES string of the molecule is Cc1c(C2c3ccccc3-c3ccccc32)c(=O)n(C(=O)O)c(=O)n1C. The second kappa shape index (κ2) is 5.56. The van der Waals surface area contributed by atoms with Crippen LogP contribution < -0.4 is 11.2 Å². The van der Waals surface area contributed by atoms with Gasteiger partial charge in [0, 0.05) is 24.2 Å². The maximum atomic E-state index is 13.0. The minimum absolute atomic E-state index is 0.284. The summed E-state index contributed by atoms with van der Waals surface area (Å²) < 4.78 is 1.50. The number of fused-ring (bicyclic) bond motifs is 3. The van der Waals surface area contributed by atoms with Gasteiger partial charge < -0.3 is 9.67 Å². The summed E-state index contributed by atoms with van der Waals surface area (Å²) in [7, 11) is 1.48. The van der Waals surface area contributed by atoms with E-state index in [-0.39, 0.29) is 4.57 Å². The van der Waals surface area contributed by atoms with Crippen LogP contribution in [0.1, 0.15) is 28.3 Å². The largest absolute Gasteiger partial charge is 0.464 e. The lowest BCUT2D eigenvalue weighted by Gasteiger charge is -2.19. The van der Waals surface area contributed by atoms with Gasteiger partial charge in [0.1, 0.15) is 0 Å². The van der Waals surface area contributed by atoms with Crippen LogP contribution in [0.25, 0.3) is 11.1 Å². The fourth-order valence-corrected chi connectivity index (χ4v) is 3.80. The van der Waals surface area contributed by atoms with Gasteiger partial charge in [-0.15, -0.1) is 0 Å². The van der Waals surface area contributed by atoms with Crippen LogP contribution in [-0.2, 0) is 7.05 Å². The summed E-state index contributed by atoms with van der Waals surface area (Å²) in [6, 6.07) is 15.5. The van der Waals surface area contributed by atoms with Crippen molar-refractivity contribution in [3.63, 3.8) is 0 Å². The van der Waals surface area contributed by atoms with E-state index in [1.54, 1.807) is 6.92 Å². The Morgan fingerprint density at radius 1 is 0.962 bits per heavy atom. The standard InChI is InChI=1S/C20H16N2O4/c1-11-16(18(23)22(20(25)26)19(24)21(11)2)17-14-9-5-3-7-12(14)13-8-4-6-10-15(13)17/h3-10,17H,1-2H3,(H,25,26). The van der Waals surface area contributed by atoms with Gasteiger partial charge in [-0.2, -0.15) is 4.57 Å². The number of benzene rings is 2. The van der Waals surface area contributed by atoms with Crippen molar-refractivity contribution in [3.05, 3.63) is 91.8 Å². The fourth-order valence-electron chi connectivity index (χ4n) is 3.80. The summed E-state index contributed by atoms with van der Waals surface area (Å²) in [4.78, 5) is 36.7. The van der Waals surface area contributed by atoms with E-state index < -0.39 is 23.3 Å². The van der Waals surface area contributed by atoms with Crippen LogP contribution >= 0.6 is 0 Å². The Kier molecular flexibility index (Phi) is 3.44. The Hall–Kier alpha value is -3.41. The Labute approximate surface area is 148 Å². The summed E-state index contributed by atoms with van der Waals surface area (Å²) >= 11 is 0. The van der Waals surface area contributed by atoms with E-state index >= 15 is 0 Å². The van der Waals surface area contributed by atoms with Gasteiger partial charge in [0.2, 0.25) is 0 Å². The number of aromatic nitrogens is 2. The molecule has 0 spiro atoms. The van der Waals surface area contributed by atoms with Gasteiger partial charge in [-0.3, -0.25) is 4.79 Å². The van der Waals surface area contributed by atoms with Gasteiger partial charge in [0.25, 0.3) is 5.56 Å². The molecule has 26 heavy (non-hydrogen) atoms. The highest BCUT2D eigenvalue weighted by Crippen LogP contribution is 2.47. The Morgan fingerprint density at radius 3 is 1.96 bits per heavy atom. The van der Waals surface area contributed by atoms with E-state index in [4.69, 9.17) is 0 Å². The quantitative estimate of drug-likeness (QED) is 0.573. The van der Waals surface area contributed by atoms with Gasteiger partial charge in [0.05, 0.1) is 0 Å². The monoisotopic (exact) mass is 348 g/mol. The number of hydrogen-bond donors (Lipinski definition) is 1. The second-order valence-electron chi connectivity index (χ2n) is 6.37. The lowest BCUT2D eigenvalue weighted by atomic mass is 9.89. The van der Waals surface area contributed by atoms with Crippen LogP contribution in [0, 0.1) is 6.92 Å². The van der Waals surface area contributed by atoms with Crippen molar-refractivity contribution in [1.82, 2.24) is 9.13 Å². The summed E-state index contributed by atoms with van der Waals surface area (Å²) in [5, 5.41) is 9.37. The number of carbonyl (C=O) groups is 1. The molecule has 1 aromatic heterocycles. The maximum absolute atomic E-state index is 13.0. The lowest BCUT2D eigenvalue weighted by molar-refractivity contribution is 0.193. The third-order valence-electron chi connectivity index (χ3n) is 5.12. The molecule has 0 unspecified atom stereocenters. The lowest BCUT2D eigenvalue weighted by Crippen LogP contribution is -2.45. The highest BCUT2D eigenvalue weighted by atomic mass is 16.4. The molecule has 0 bridgehead atoms. The van der Waals surface area contributed by atoms with Crippen molar-refractivity contribution in [2.75, 3.05) is 0 Å². The molecule has 1 heterocycles. The van der Waals surface area contributed by atoms with Crippen molar-refractivity contribution in [2.45, 2.75) is 12.8 Å². The smallest absolute Gasteiger partial charge is 0.422 e. The predicted octanol–water partition coefficient (Wildman–Crippen LogP) is 2.54. The molecule has 4 rings (SSSR count). The molecule has 3 aromatic rings. The second-order valence-corrected chi connectivity index (χ2v) is 6.37. The van der Waals surface area contributed by atoms with Gasteiger partial charge >= 0.3 is 11.8 Å². The number of nitrogens with zero attached hydrogens (tertiary/aromatic N) is 2. The zero-order valence-corrected chi connectivity index (χ0v) is 14.3. The molecule has 130 valence electrons. The van der Waals surface area contributed by atoms with Crippen molar-refractivity contribution < 1.29 is 9.90 Å². The van der Waals surface area contributed by atoms with Crippen molar-refractivity contribution in [3.8, 4) is 11.1 Å². The van der Waals surface area contributed by atoms with E-state index in [0.29, 0.717) is 11.3 Å². The number of hydrogen-bond acceptors (Lipinski definition) is 3. The first-order chi connectivity index (χ1) is 12.4. The molecule has 6 nitrogen and oxygen atoms in total. The van der Waals surface area contributed by atoms with Gasteiger partial charge in [-0.1, -0.05) is 48.5 Å². The van der Waals surface area contributed by atoms with Gasteiger partial charge in [0.15, 0.2) is 0 Å². The predicted molar refractivity (Wildman–Crippen MR) is 96.9 cm³/mol. The van der Waals surface area contributed by atoms with Crippen molar-refractivity contribution in [1.29, 1.82) is 0 Å².